The van der Waals surface area contributed by atoms with Crippen molar-refractivity contribution in [1.82, 2.24) is 4.90 Å². The number of hydrogen-bond acceptors (Lipinski definition) is 2. The van der Waals surface area contributed by atoms with Crippen LogP contribution in [-0.4, -0.2) is 24.8 Å². The van der Waals surface area contributed by atoms with Gasteiger partial charge in [0.25, 0.3) is 0 Å². The highest BCUT2D eigenvalue weighted by atomic mass is 16.1. The minimum Gasteiger partial charge on any atom is -0.303 e. The summed E-state index contributed by atoms with van der Waals surface area (Å²) in [6.07, 6.45) is 2.95. The second kappa shape index (κ2) is 6.69. The lowest BCUT2D eigenvalue weighted by molar-refractivity contribution is -0.117. The number of carbonyl (C=O) groups is 1. The minimum absolute atomic E-state index is 0.181. The first-order chi connectivity index (χ1) is 8.55. The Kier molecular flexibility index (Phi) is 5.54. The summed E-state index contributed by atoms with van der Waals surface area (Å²) in [6, 6.07) is 8.59. The number of hydrogen-bond donors (Lipinski definition) is 0. The lowest BCUT2D eigenvalue weighted by atomic mass is 9.83. The van der Waals surface area contributed by atoms with Gasteiger partial charge in [-0.15, -0.1) is 0 Å². The quantitative estimate of drug-likeness (QED) is 0.688. The van der Waals surface area contributed by atoms with Gasteiger partial charge in [-0.25, -0.2) is 0 Å². The summed E-state index contributed by atoms with van der Waals surface area (Å²) in [7, 11) is 2.09. The number of benzene rings is 1. The Labute approximate surface area is 111 Å². The van der Waals surface area contributed by atoms with Gasteiger partial charge in [-0.3, -0.25) is 0 Å². The van der Waals surface area contributed by atoms with E-state index in [1.165, 1.54) is 11.1 Å². The van der Waals surface area contributed by atoms with Crippen LogP contribution in [0.3, 0.4) is 0 Å². The van der Waals surface area contributed by atoms with Crippen LogP contribution >= 0.6 is 0 Å². The Morgan fingerprint density at radius 3 is 2.17 bits per heavy atom. The molecule has 0 N–H and O–H groups in total. The molecule has 0 fully saturated rings. The van der Waals surface area contributed by atoms with Crippen molar-refractivity contribution in [2.45, 2.75) is 40.2 Å². The highest BCUT2D eigenvalue weighted by molar-refractivity contribution is 5.59. The molecule has 1 aromatic carbocycles. The summed E-state index contributed by atoms with van der Waals surface area (Å²) in [4.78, 5) is 13.5. The van der Waals surface area contributed by atoms with Gasteiger partial charge < -0.3 is 9.69 Å². The van der Waals surface area contributed by atoms with Gasteiger partial charge in [0, 0.05) is 18.5 Å². The van der Waals surface area contributed by atoms with E-state index in [1.54, 1.807) is 0 Å². The van der Waals surface area contributed by atoms with E-state index in [2.05, 4.69) is 57.0 Å². The van der Waals surface area contributed by atoms with E-state index in [4.69, 9.17) is 0 Å². The van der Waals surface area contributed by atoms with E-state index < -0.39 is 0 Å². The van der Waals surface area contributed by atoms with Crippen molar-refractivity contribution in [3.63, 3.8) is 0 Å². The molecule has 0 radical (unpaired) electrons. The lowest BCUT2D eigenvalue weighted by Crippen LogP contribution is -2.35. The third kappa shape index (κ3) is 3.95. The molecule has 0 spiro atoms. The molecule has 100 valence electrons. The molecule has 0 saturated heterocycles. The van der Waals surface area contributed by atoms with Crippen LogP contribution in [0.2, 0.25) is 0 Å². The van der Waals surface area contributed by atoms with Gasteiger partial charge in [-0.1, -0.05) is 43.7 Å². The third-order valence-electron chi connectivity index (χ3n) is 3.82. The molecule has 2 heteroatoms. The fourth-order valence-corrected chi connectivity index (χ4v) is 2.28. The Balaban J connectivity index is 2.62. The Morgan fingerprint density at radius 2 is 1.72 bits per heavy atom. The van der Waals surface area contributed by atoms with Gasteiger partial charge in [0.15, 0.2) is 0 Å². The number of aryl methyl sites for hydroxylation is 1. The largest absolute Gasteiger partial charge is 0.303 e. The fourth-order valence-electron chi connectivity index (χ4n) is 2.28. The summed E-state index contributed by atoms with van der Waals surface area (Å²) in [6.45, 7) is 8.02. The normalized spacial score (nSPS) is 11.8. The molecule has 0 amide bonds. The standard InChI is InChI=1S/C16H25NO/c1-5-16(6-2,13-18)12-17(4)11-15-9-7-14(3)8-10-15/h7-10,13H,5-6,11-12H2,1-4H3. The minimum atomic E-state index is -0.181. The number of aldehydes is 1. The zero-order chi connectivity index (χ0) is 13.6. The highest BCUT2D eigenvalue weighted by Crippen LogP contribution is 2.25. The zero-order valence-electron chi connectivity index (χ0n) is 12.1. The van der Waals surface area contributed by atoms with E-state index >= 15 is 0 Å². The molecule has 0 heterocycles. The van der Waals surface area contributed by atoms with Gasteiger partial charge >= 0.3 is 0 Å². The number of carbonyl (C=O) groups excluding carboxylic acids is 1. The number of nitrogens with zero attached hydrogens (tertiary/aromatic N) is 1. The van der Waals surface area contributed by atoms with Gasteiger partial charge in [-0.05, 0) is 32.4 Å². The van der Waals surface area contributed by atoms with Crippen LogP contribution in [0.1, 0.15) is 37.8 Å². The average molecular weight is 247 g/mol. The molecule has 18 heavy (non-hydrogen) atoms. The first kappa shape index (κ1) is 14.9. The van der Waals surface area contributed by atoms with Crippen molar-refractivity contribution in [2.75, 3.05) is 13.6 Å². The molecule has 0 saturated carbocycles. The van der Waals surface area contributed by atoms with Crippen molar-refractivity contribution in [2.24, 2.45) is 5.41 Å². The second-order valence-corrected chi connectivity index (χ2v) is 5.35. The Bertz CT molecular complexity index is 365. The van der Waals surface area contributed by atoms with E-state index in [9.17, 15) is 4.79 Å². The molecular formula is C16H25NO. The van der Waals surface area contributed by atoms with E-state index in [-0.39, 0.29) is 5.41 Å². The molecule has 0 unspecified atom stereocenters. The molecule has 2 nitrogen and oxygen atoms in total. The Morgan fingerprint density at radius 1 is 1.17 bits per heavy atom. The van der Waals surface area contributed by atoms with Gasteiger partial charge in [0.1, 0.15) is 6.29 Å². The van der Waals surface area contributed by atoms with Gasteiger partial charge in [0.05, 0.1) is 0 Å². The van der Waals surface area contributed by atoms with Crippen LogP contribution in [0.5, 0.6) is 0 Å². The average Bonchev–Trinajstić information content (AvgIpc) is 2.39. The first-order valence-electron chi connectivity index (χ1n) is 6.75. The second-order valence-electron chi connectivity index (χ2n) is 5.35. The molecule has 0 aliphatic carbocycles. The summed E-state index contributed by atoms with van der Waals surface area (Å²) in [5, 5.41) is 0. The predicted molar refractivity (Wildman–Crippen MR) is 76.6 cm³/mol. The molecule has 0 aromatic heterocycles. The van der Waals surface area contributed by atoms with Crippen molar-refractivity contribution in [1.29, 1.82) is 0 Å². The van der Waals surface area contributed by atoms with E-state index in [1.807, 2.05) is 0 Å². The molecule has 0 aliphatic heterocycles. The van der Waals surface area contributed by atoms with Crippen molar-refractivity contribution >= 4 is 6.29 Å². The van der Waals surface area contributed by atoms with Crippen molar-refractivity contribution in [3.05, 3.63) is 35.4 Å². The SMILES string of the molecule is CCC(C=O)(CC)CN(C)Cc1ccc(C)cc1. The van der Waals surface area contributed by atoms with Crippen LogP contribution in [0, 0.1) is 12.3 Å². The van der Waals surface area contributed by atoms with Crippen LogP contribution in [0.15, 0.2) is 24.3 Å². The summed E-state index contributed by atoms with van der Waals surface area (Å²) in [5.41, 5.74) is 2.40. The number of rotatable bonds is 7. The lowest BCUT2D eigenvalue weighted by Gasteiger charge is -2.30. The summed E-state index contributed by atoms with van der Waals surface area (Å²) in [5.74, 6) is 0. The topological polar surface area (TPSA) is 20.3 Å². The predicted octanol–water partition coefficient (Wildman–Crippen LogP) is 3.43. The van der Waals surface area contributed by atoms with E-state index in [0.29, 0.717) is 0 Å². The first-order valence-corrected chi connectivity index (χ1v) is 6.75. The monoisotopic (exact) mass is 247 g/mol. The maximum atomic E-state index is 11.3. The maximum absolute atomic E-state index is 11.3. The maximum Gasteiger partial charge on any atom is 0.127 e. The molecule has 0 aliphatic rings. The summed E-state index contributed by atoms with van der Waals surface area (Å²) >= 11 is 0. The van der Waals surface area contributed by atoms with Gasteiger partial charge in [0.2, 0.25) is 0 Å². The van der Waals surface area contributed by atoms with Crippen molar-refractivity contribution < 1.29 is 4.79 Å². The van der Waals surface area contributed by atoms with Crippen LogP contribution in [-0.2, 0) is 11.3 Å². The molecule has 0 bridgehead atoms. The van der Waals surface area contributed by atoms with Crippen LogP contribution < -0.4 is 0 Å². The van der Waals surface area contributed by atoms with E-state index in [0.717, 1.165) is 32.2 Å². The third-order valence-corrected chi connectivity index (χ3v) is 3.82. The zero-order valence-corrected chi connectivity index (χ0v) is 12.1. The molecule has 1 aromatic rings. The Hall–Kier alpha value is -1.15. The smallest absolute Gasteiger partial charge is 0.127 e. The molecule has 1 rings (SSSR count). The van der Waals surface area contributed by atoms with Gasteiger partial charge in [-0.2, -0.15) is 0 Å². The van der Waals surface area contributed by atoms with Crippen LogP contribution in [0.4, 0.5) is 0 Å². The van der Waals surface area contributed by atoms with Crippen LogP contribution in [0.25, 0.3) is 0 Å². The molecule has 0 atom stereocenters. The summed E-state index contributed by atoms with van der Waals surface area (Å²) < 4.78 is 0. The fraction of sp³-hybridized carbons (Fsp3) is 0.562. The van der Waals surface area contributed by atoms with Crippen molar-refractivity contribution in [3.8, 4) is 0 Å². The molecular weight excluding hydrogens is 222 g/mol. The highest BCUT2D eigenvalue weighted by Gasteiger charge is 2.26.